The Bertz CT molecular complexity index is 336. The number of aryl methyl sites for hydroxylation is 1. The van der Waals surface area contributed by atoms with Gasteiger partial charge >= 0.3 is 0 Å². The van der Waals surface area contributed by atoms with Gasteiger partial charge in [0.15, 0.2) is 6.61 Å². The second-order valence-corrected chi connectivity index (χ2v) is 2.57. The first-order chi connectivity index (χ1) is 6.34. The summed E-state index contributed by atoms with van der Waals surface area (Å²) in [6.45, 7) is 2.23. The van der Waals surface area contributed by atoms with E-state index in [4.69, 9.17) is 11.3 Å². The summed E-state index contributed by atoms with van der Waals surface area (Å²) in [6, 6.07) is 7.92. The topological polar surface area (TPSA) is 21.6 Å². The molecule has 0 radical (unpaired) electrons. The molecule has 66 valence electrons. The summed E-state index contributed by atoms with van der Waals surface area (Å²) >= 11 is 0. The van der Waals surface area contributed by atoms with Gasteiger partial charge in [0.2, 0.25) is 0 Å². The molecule has 0 aliphatic heterocycles. The van der Waals surface area contributed by atoms with Crippen LogP contribution in [0.25, 0.3) is 0 Å². The predicted molar refractivity (Wildman–Crippen MR) is 53.6 cm³/mol. The standard InChI is InChI=1S/C11H11NO/c1-3-8-13-12-9-11-7-5-4-6-10(11)2/h1,4-7,9H,8H2,2H3/b12-9+. The summed E-state index contributed by atoms with van der Waals surface area (Å²) in [5.41, 5.74) is 2.20. The van der Waals surface area contributed by atoms with Gasteiger partial charge in [-0.1, -0.05) is 35.3 Å². The van der Waals surface area contributed by atoms with E-state index in [0.29, 0.717) is 0 Å². The molecule has 0 bridgehead atoms. The van der Waals surface area contributed by atoms with E-state index < -0.39 is 0 Å². The molecule has 0 aliphatic carbocycles. The van der Waals surface area contributed by atoms with E-state index in [9.17, 15) is 0 Å². The van der Waals surface area contributed by atoms with Crippen molar-refractivity contribution >= 4 is 6.21 Å². The maximum Gasteiger partial charge on any atom is 0.177 e. The summed E-state index contributed by atoms with van der Waals surface area (Å²) in [5, 5.41) is 3.72. The predicted octanol–water partition coefficient (Wildman–Crippen LogP) is 1.98. The molecule has 1 rings (SSSR count). The van der Waals surface area contributed by atoms with Crippen LogP contribution in [-0.2, 0) is 4.84 Å². The first-order valence-corrected chi connectivity index (χ1v) is 3.99. The van der Waals surface area contributed by atoms with Crippen LogP contribution in [0.5, 0.6) is 0 Å². The summed E-state index contributed by atoms with van der Waals surface area (Å²) in [5.74, 6) is 2.33. The van der Waals surface area contributed by atoms with Crippen molar-refractivity contribution in [1.82, 2.24) is 0 Å². The van der Waals surface area contributed by atoms with Crippen molar-refractivity contribution in [1.29, 1.82) is 0 Å². The molecular weight excluding hydrogens is 162 g/mol. The fourth-order valence-electron chi connectivity index (χ4n) is 0.900. The highest BCUT2D eigenvalue weighted by Crippen LogP contribution is 2.03. The summed E-state index contributed by atoms with van der Waals surface area (Å²) in [6.07, 6.45) is 6.65. The Kier molecular flexibility index (Phi) is 3.59. The first kappa shape index (κ1) is 9.34. The zero-order valence-electron chi connectivity index (χ0n) is 7.53. The number of oxime groups is 1. The van der Waals surface area contributed by atoms with Crippen LogP contribution in [-0.4, -0.2) is 12.8 Å². The number of hydrogen-bond donors (Lipinski definition) is 0. The van der Waals surface area contributed by atoms with Crippen LogP contribution >= 0.6 is 0 Å². The molecule has 0 fully saturated rings. The molecule has 0 spiro atoms. The van der Waals surface area contributed by atoms with Crippen LogP contribution < -0.4 is 0 Å². The van der Waals surface area contributed by atoms with E-state index in [0.717, 1.165) is 11.1 Å². The average Bonchev–Trinajstić information content (AvgIpc) is 2.15. The Morgan fingerprint density at radius 3 is 3.00 bits per heavy atom. The maximum atomic E-state index is 4.99. The van der Waals surface area contributed by atoms with Gasteiger partial charge in [0.25, 0.3) is 0 Å². The molecule has 0 amide bonds. The normalized spacial score (nSPS) is 9.85. The van der Waals surface area contributed by atoms with Crippen LogP contribution in [0.3, 0.4) is 0 Å². The van der Waals surface area contributed by atoms with Gasteiger partial charge in [0.1, 0.15) is 0 Å². The fraction of sp³-hybridized carbons (Fsp3) is 0.182. The Balaban J connectivity index is 2.59. The van der Waals surface area contributed by atoms with Gasteiger partial charge in [-0.25, -0.2) is 0 Å². The van der Waals surface area contributed by atoms with Crippen molar-refractivity contribution in [2.45, 2.75) is 6.92 Å². The molecule has 0 unspecified atom stereocenters. The van der Waals surface area contributed by atoms with E-state index in [2.05, 4.69) is 11.1 Å². The minimum atomic E-state index is 0.211. The summed E-state index contributed by atoms with van der Waals surface area (Å²) < 4.78 is 0. The number of rotatable bonds is 3. The molecule has 0 aromatic heterocycles. The molecule has 2 nitrogen and oxygen atoms in total. The molecule has 13 heavy (non-hydrogen) atoms. The monoisotopic (exact) mass is 173 g/mol. The number of benzene rings is 1. The Morgan fingerprint density at radius 2 is 2.31 bits per heavy atom. The van der Waals surface area contributed by atoms with Gasteiger partial charge in [-0.15, -0.1) is 6.42 Å². The number of nitrogens with zero attached hydrogens (tertiary/aromatic N) is 1. The van der Waals surface area contributed by atoms with E-state index in [1.807, 2.05) is 31.2 Å². The van der Waals surface area contributed by atoms with Crippen molar-refractivity contribution in [2.75, 3.05) is 6.61 Å². The Labute approximate surface area is 78.2 Å². The van der Waals surface area contributed by atoms with Crippen molar-refractivity contribution < 1.29 is 4.84 Å². The quantitative estimate of drug-likeness (QED) is 0.296. The van der Waals surface area contributed by atoms with Crippen molar-refractivity contribution in [2.24, 2.45) is 5.16 Å². The molecule has 0 atom stereocenters. The van der Waals surface area contributed by atoms with Crippen LogP contribution in [0, 0.1) is 19.3 Å². The molecule has 0 saturated carbocycles. The second kappa shape index (κ2) is 5.00. The SMILES string of the molecule is C#CCO/N=C/c1ccccc1C. The first-order valence-electron chi connectivity index (χ1n) is 3.99. The van der Waals surface area contributed by atoms with E-state index in [1.54, 1.807) is 6.21 Å². The van der Waals surface area contributed by atoms with Crippen LogP contribution in [0.4, 0.5) is 0 Å². The summed E-state index contributed by atoms with van der Waals surface area (Å²) in [7, 11) is 0. The van der Waals surface area contributed by atoms with Crippen molar-refractivity contribution in [3.05, 3.63) is 35.4 Å². The van der Waals surface area contributed by atoms with Gasteiger partial charge in [0.05, 0.1) is 6.21 Å². The molecule has 1 aromatic rings. The highest BCUT2D eigenvalue weighted by molar-refractivity contribution is 5.80. The molecule has 0 saturated heterocycles. The Hall–Kier alpha value is -1.75. The highest BCUT2D eigenvalue weighted by Gasteiger charge is 1.90. The summed E-state index contributed by atoms with van der Waals surface area (Å²) in [4.78, 5) is 4.78. The lowest BCUT2D eigenvalue weighted by Gasteiger charge is -1.96. The zero-order chi connectivity index (χ0) is 9.52. The lowest BCUT2D eigenvalue weighted by atomic mass is 10.1. The second-order valence-electron chi connectivity index (χ2n) is 2.57. The fourth-order valence-corrected chi connectivity index (χ4v) is 0.900. The molecule has 0 N–H and O–H groups in total. The molecular formula is C11H11NO. The van der Waals surface area contributed by atoms with Gasteiger partial charge in [0, 0.05) is 0 Å². The third-order valence-corrected chi connectivity index (χ3v) is 1.60. The smallest absolute Gasteiger partial charge is 0.177 e. The maximum absolute atomic E-state index is 4.99. The average molecular weight is 173 g/mol. The highest BCUT2D eigenvalue weighted by atomic mass is 16.6. The lowest BCUT2D eigenvalue weighted by molar-refractivity contribution is 0.181. The van der Waals surface area contributed by atoms with Gasteiger partial charge < -0.3 is 4.84 Å². The van der Waals surface area contributed by atoms with Crippen molar-refractivity contribution in [3.8, 4) is 12.3 Å². The minimum absolute atomic E-state index is 0.211. The minimum Gasteiger partial charge on any atom is -0.383 e. The van der Waals surface area contributed by atoms with E-state index in [-0.39, 0.29) is 6.61 Å². The molecule has 0 aliphatic rings. The van der Waals surface area contributed by atoms with Gasteiger partial charge in [-0.2, -0.15) is 0 Å². The van der Waals surface area contributed by atoms with Crippen molar-refractivity contribution in [3.63, 3.8) is 0 Å². The number of terminal acetylenes is 1. The molecule has 0 heterocycles. The third-order valence-electron chi connectivity index (χ3n) is 1.60. The van der Waals surface area contributed by atoms with E-state index >= 15 is 0 Å². The van der Waals surface area contributed by atoms with Crippen LogP contribution in [0.1, 0.15) is 11.1 Å². The molecule has 1 aromatic carbocycles. The van der Waals surface area contributed by atoms with Gasteiger partial charge in [-0.05, 0) is 18.1 Å². The lowest BCUT2D eigenvalue weighted by Crippen LogP contribution is -1.88. The van der Waals surface area contributed by atoms with Gasteiger partial charge in [-0.3, -0.25) is 0 Å². The molecule has 2 heteroatoms. The van der Waals surface area contributed by atoms with Crippen LogP contribution in [0.15, 0.2) is 29.4 Å². The van der Waals surface area contributed by atoms with E-state index in [1.165, 1.54) is 0 Å². The number of hydrogen-bond acceptors (Lipinski definition) is 2. The largest absolute Gasteiger partial charge is 0.383 e. The zero-order valence-corrected chi connectivity index (χ0v) is 7.53. The third kappa shape index (κ3) is 3.00. The van der Waals surface area contributed by atoms with Crippen LogP contribution in [0.2, 0.25) is 0 Å². The Morgan fingerprint density at radius 1 is 1.54 bits per heavy atom.